The summed E-state index contributed by atoms with van der Waals surface area (Å²) in [5.41, 5.74) is -0.137. The molecule has 0 radical (unpaired) electrons. The van der Waals surface area contributed by atoms with E-state index < -0.39 is 30.1 Å². The molecule has 0 aliphatic rings. The molecule has 0 heterocycles. The molecule has 0 aliphatic carbocycles. The van der Waals surface area contributed by atoms with Crippen LogP contribution in [0, 0.1) is 28.5 Å². The van der Waals surface area contributed by atoms with Crippen LogP contribution in [0.3, 0.4) is 0 Å². The molecular weight excluding hydrogens is 251 g/mol. The summed E-state index contributed by atoms with van der Waals surface area (Å²) in [6, 6.07) is 6.49. The summed E-state index contributed by atoms with van der Waals surface area (Å²) < 4.78 is 17.5. The number of carbonyl (C=O) groups is 2. The summed E-state index contributed by atoms with van der Waals surface area (Å²) in [5, 5.41) is 15.9. The second-order valence-corrected chi connectivity index (χ2v) is 3.80. The van der Waals surface area contributed by atoms with Gasteiger partial charge >= 0.3 is 5.97 Å². The summed E-state index contributed by atoms with van der Waals surface area (Å²) >= 11 is 0. The summed E-state index contributed by atoms with van der Waals surface area (Å²) in [7, 11) is 0. The van der Waals surface area contributed by atoms with E-state index >= 15 is 0 Å². The SMILES string of the molecule is CC(=N)C(C#N)C(=O)COC(=O)c1cccc(F)c1. The zero-order valence-corrected chi connectivity index (χ0v) is 10.1. The van der Waals surface area contributed by atoms with Gasteiger partial charge in [-0.05, 0) is 25.1 Å². The van der Waals surface area contributed by atoms with Crippen LogP contribution in [0.2, 0.25) is 0 Å². The third kappa shape index (κ3) is 4.00. The van der Waals surface area contributed by atoms with Crippen LogP contribution in [-0.2, 0) is 9.53 Å². The van der Waals surface area contributed by atoms with Crippen LogP contribution in [-0.4, -0.2) is 24.1 Å². The van der Waals surface area contributed by atoms with Gasteiger partial charge in [0.15, 0.2) is 12.4 Å². The number of halogens is 1. The third-order valence-corrected chi connectivity index (χ3v) is 2.29. The molecule has 0 aromatic heterocycles. The minimum atomic E-state index is -1.22. The van der Waals surface area contributed by atoms with Crippen LogP contribution in [0.5, 0.6) is 0 Å². The van der Waals surface area contributed by atoms with Crippen molar-refractivity contribution in [3.05, 3.63) is 35.6 Å². The first-order valence-electron chi connectivity index (χ1n) is 5.35. The standard InChI is InChI=1S/C13H11FN2O3/c1-8(16)11(6-15)12(17)7-19-13(18)9-3-2-4-10(14)5-9/h2-5,11,16H,7H2,1H3. The van der Waals surface area contributed by atoms with Gasteiger partial charge in [0.1, 0.15) is 11.7 Å². The van der Waals surface area contributed by atoms with Gasteiger partial charge in [-0.1, -0.05) is 6.07 Å². The van der Waals surface area contributed by atoms with Crippen LogP contribution < -0.4 is 0 Å². The summed E-state index contributed by atoms with van der Waals surface area (Å²) in [6.07, 6.45) is 0. The maximum atomic E-state index is 12.9. The molecule has 6 heteroatoms. The quantitative estimate of drug-likeness (QED) is 0.646. The summed E-state index contributed by atoms with van der Waals surface area (Å²) in [4.78, 5) is 23.0. The van der Waals surface area contributed by atoms with Crippen molar-refractivity contribution in [1.29, 1.82) is 10.7 Å². The molecule has 0 saturated heterocycles. The molecule has 0 amide bonds. The number of Topliss-reactive ketones (excluding diaryl/α,β-unsaturated/α-hetero) is 1. The Bertz CT molecular complexity index is 563. The fourth-order valence-electron chi connectivity index (χ4n) is 1.33. The van der Waals surface area contributed by atoms with Gasteiger partial charge in [0.05, 0.1) is 11.6 Å². The molecule has 1 unspecified atom stereocenters. The fraction of sp³-hybridized carbons (Fsp3) is 0.231. The highest BCUT2D eigenvalue weighted by Crippen LogP contribution is 2.06. The van der Waals surface area contributed by atoms with Crippen molar-refractivity contribution >= 4 is 17.5 Å². The van der Waals surface area contributed by atoms with Crippen LogP contribution in [0.1, 0.15) is 17.3 Å². The second kappa shape index (κ2) is 6.40. The first kappa shape index (κ1) is 14.5. The van der Waals surface area contributed by atoms with Gasteiger partial charge in [-0.15, -0.1) is 0 Å². The van der Waals surface area contributed by atoms with E-state index in [1.165, 1.54) is 25.1 Å². The van der Waals surface area contributed by atoms with E-state index in [1.807, 2.05) is 0 Å². The monoisotopic (exact) mass is 262 g/mol. The van der Waals surface area contributed by atoms with Gasteiger partial charge in [-0.3, -0.25) is 4.79 Å². The van der Waals surface area contributed by atoms with Gasteiger partial charge in [-0.2, -0.15) is 5.26 Å². The molecule has 5 nitrogen and oxygen atoms in total. The summed E-state index contributed by atoms with van der Waals surface area (Å²) in [6.45, 7) is 0.698. The van der Waals surface area contributed by atoms with Crippen molar-refractivity contribution in [3.63, 3.8) is 0 Å². The Labute approximate surface area is 109 Å². The van der Waals surface area contributed by atoms with E-state index in [-0.39, 0.29) is 11.3 Å². The van der Waals surface area contributed by atoms with Gasteiger partial charge in [-0.25, -0.2) is 9.18 Å². The topological polar surface area (TPSA) is 91.0 Å². The lowest BCUT2D eigenvalue weighted by atomic mass is 10.0. The molecule has 98 valence electrons. The Morgan fingerprint density at radius 2 is 2.21 bits per heavy atom. The highest BCUT2D eigenvalue weighted by molar-refractivity contribution is 6.06. The Balaban J connectivity index is 2.63. The Hall–Kier alpha value is -2.55. The maximum Gasteiger partial charge on any atom is 0.338 e. The van der Waals surface area contributed by atoms with Crippen LogP contribution in [0.25, 0.3) is 0 Å². The normalized spacial score (nSPS) is 11.2. The molecule has 0 spiro atoms. The van der Waals surface area contributed by atoms with Crippen LogP contribution in [0.15, 0.2) is 24.3 Å². The van der Waals surface area contributed by atoms with E-state index in [0.29, 0.717) is 0 Å². The maximum absolute atomic E-state index is 12.9. The lowest BCUT2D eigenvalue weighted by molar-refractivity contribution is -0.122. The highest BCUT2D eigenvalue weighted by atomic mass is 19.1. The Morgan fingerprint density at radius 1 is 1.53 bits per heavy atom. The van der Waals surface area contributed by atoms with Crippen molar-refractivity contribution in [3.8, 4) is 6.07 Å². The number of esters is 1. The smallest absolute Gasteiger partial charge is 0.338 e. The molecule has 1 N–H and O–H groups in total. The molecule has 0 fully saturated rings. The van der Waals surface area contributed by atoms with E-state index in [0.717, 1.165) is 6.07 Å². The first-order chi connectivity index (χ1) is 8.95. The average Bonchev–Trinajstić information content (AvgIpc) is 2.36. The molecule has 19 heavy (non-hydrogen) atoms. The van der Waals surface area contributed by atoms with E-state index in [2.05, 4.69) is 4.74 Å². The highest BCUT2D eigenvalue weighted by Gasteiger charge is 2.21. The van der Waals surface area contributed by atoms with Crippen molar-refractivity contribution in [2.45, 2.75) is 6.92 Å². The predicted octanol–water partition coefficient (Wildman–Crippen LogP) is 1.73. The van der Waals surface area contributed by atoms with E-state index in [9.17, 15) is 14.0 Å². The number of nitrogens with zero attached hydrogens (tertiary/aromatic N) is 1. The van der Waals surface area contributed by atoms with Gasteiger partial charge < -0.3 is 10.1 Å². The average molecular weight is 262 g/mol. The van der Waals surface area contributed by atoms with Crippen molar-refractivity contribution in [2.24, 2.45) is 5.92 Å². The number of carbonyl (C=O) groups excluding carboxylic acids is 2. The third-order valence-electron chi connectivity index (χ3n) is 2.29. The first-order valence-corrected chi connectivity index (χ1v) is 5.35. The Kier molecular flexibility index (Phi) is 4.89. The predicted molar refractivity (Wildman–Crippen MR) is 64.2 cm³/mol. The molecular formula is C13H11FN2O3. The van der Waals surface area contributed by atoms with Gasteiger partial charge in [0.2, 0.25) is 0 Å². The van der Waals surface area contributed by atoms with Gasteiger partial charge in [0, 0.05) is 5.71 Å². The molecule has 1 aromatic carbocycles. The number of ether oxygens (including phenoxy) is 1. The van der Waals surface area contributed by atoms with Gasteiger partial charge in [0.25, 0.3) is 0 Å². The summed E-state index contributed by atoms with van der Waals surface area (Å²) in [5.74, 6) is -3.35. The minimum Gasteiger partial charge on any atom is -0.454 e. The largest absolute Gasteiger partial charge is 0.454 e. The second-order valence-electron chi connectivity index (χ2n) is 3.80. The molecule has 1 rings (SSSR count). The zero-order chi connectivity index (χ0) is 14.4. The number of hydrogen-bond acceptors (Lipinski definition) is 5. The minimum absolute atomic E-state index is 0.0205. The Morgan fingerprint density at radius 3 is 2.74 bits per heavy atom. The lowest BCUT2D eigenvalue weighted by Crippen LogP contribution is -2.25. The van der Waals surface area contributed by atoms with E-state index in [4.69, 9.17) is 10.7 Å². The number of benzene rings is 1. The molecule has 1 atom stereocenters. The molecule has 0 saturated carbocycles. The number of rotatable bonds is 5. The van der Waals surface area contributed by atoms with Crippen molar-refractivity contribution in [1.82, 2.24) is 0 Å². The fourth-order valence-corrected chi connectivity index (χ4v) is 1.33. The number of nitriles is 1. The van der Waals surface area contributed by atoms with E-state index in [1.54, 1.807) is 6.07 Å². The molecule has 1 aromatic rings. The lowest BCUT2D eigenvalue weighted by Gasteiger charge is -2.07. The van der Waals surface area contributed by atoms with Crippen molar-refractivity contribution < 1.29 is 18.7 Å². The van der Waals surface area contributed by atoms with Crippen molar-refractivity contribution in [2.75, 3.05) is 6.61 Å². The number of ketones is 1. The molecule has 0 aliphatic heterocycles. The zero-order valence-electron chi connectivity index (χ0n) is 10.1. The van der Waals surface area contributed by atoms with Crippen LogP contribution in [0.4, 0.5) is 4.39 Å². The molecule has 0 bridgehead atoms. The number of nitrogens with one attached hydrogen (secondary N) is 1. The number of hydrogen-bond donors (Lipinski definition) is 1. The van der Waals surface area contributed by atoms with Crippen LogP contribution >= 0.6 is 0 Å².